The zero-order valence-electron chi connectivity index (χ0n) is 17.1. The molecule has 1 aliphatic rings. The van der Waals surface area contributed by atoms with Crippen LogP contribution in [0.25, 0.3) is 0 Å². The van der Waals surface area contributed by atoms with Crippen LogP contribution in [0.4, 0.5) is 0 Å². The molecule has 0 aromatic carbocycles. The maximum Gasteiger partial charge on any atom is 0.360 e. The van der Waals surface area contributed by atoms with Gasteiger partial charge >= 0.3 is 5.97 Å². The Morgan fingerprint density at radius 2 is 1.59 bits per heavy atom. The third-order valence-electron chi connectivity index (χ3n) is 5.34. The van der Waals surface area contributed by atoms with Gasteiger partial charge in [0, 0.05) is 13.0 Å². The maximum absolute atomic E-state index is 11.2. The normalized spacial score (nSPS) is 18.6. The number of rotatable bonds is 18. The standard InChI is InChI=1S/C22H39N3O2/c1-2-3-4-5-6-7-8-9-10-11-12-13-14-15-21-24-17-19-25(21,18-16-23)20-22(26)27/h2,17,19H,1,3-16,18,20,23H2/p+1. The number of unbranched alkanes of at least 4 members (excludes halogenated alkanes) is 11. The van der Waals surface area contributed by atoms with Crippen LogP contribution >= 0.6 is 0 Å². The summed E-state index contributed by atoms with van der Waals surface area (Å²) in [4.78, 5) is 15.7. The summed E-state index contributed by atoms with van der Waals surface area (Å²) in [5.74, 6) is 0.155. The smallest absolute Gasteiger partial charge is 0.360 e. The van der Waals surface area contributed by atoms with Gasteiger partial charge in [0.2, 0.25) is 5.84 Å². The average Bonchev–Trinajstić information content (AvgIpc) is 3.00. The molecule has 0 saturated carbocycles. The molecule has 1 aliphatic heterocycles. The molecule has 1 unspecified atom stereocenters. The van der Waals surface area contributed by atoms with Gasteiger partial charge in [0.1, 0.15) is 12.7 Å². The van der Waals surface area contributed by atoms with Gasteiger partial charge in [0.05, 0.1) is 6.20 Å². The second kappa shape index (κ2) is 14.6. The number of carboxylic acid groups (broad SMARTS) is 1. The summed E-state index contributed by atoms with van der Waals surface area (Å²) in [5, 5.41) is 9.22. The molecule has 0 bridgehead atoms. The van der Waals surface area contributed by atoms with Gasteiger partial charge in [-0.05, 0) is 19.3 Å². The lowest BCUT2D eigenvalue weighted by Gasteiger charge is -2.30. The Bertz CT molecular complexity index is 488. The van der Waals surface area contributed by atoms with Crippen LogP contribution in [0.5, 0.6) is 0 Å². The van der Waals surface area contributed by atoms with Crippen molar-refractivity contribution < 1.29 is 14.4 Å². The molecule has 0 aliphatic carbocycles. The number of quaternary nitrogens is 1. The molecule has 154 valence electrons. The summed E-state index contributed by atoms with van der Waals surface area (Å²) < 4.78 is 0.304. The van der Waals surface area contributed by atoms with Gasteiger partial charge in [-0.3, -0.25) is 0 Å². The highest BCUT2D eigenvalue weighted by Crippen LogP contribution is 2.21. The molecular formula is C22H40N3O2+. The quantitative estimate of drug-likeness (QED) is 0.200. The van der Waals surface area contributed by atoms with Crippen LogP contribution in [-0.2, 0) is 4.79 Å². The predicted octanol–water partition coefficient (Wildman–Crippen LogP) is 4.99. The lowest BCUT2D eigenvalue weighted by Crippen LogP contribution is -2.52. The van der Waals surface area contributed by atoms with E-state index in [1.165, 1.54) is 64.2 Å². The number of carboxylic acids is 1. The van der Waals surface area contributed by atoms with Crippen molar-refractivity contribution in [1.29, 1.82) is 0 Å². The fraction of sp³-hybridized carbons (Fsp3) is 0.727. The van der Waals surface area contributed by atoms with Crippen molar-refractivity contribution >= 4 is 11.8 Å². The maximum atomic E-state index is 11.2. The molecule has 3 N–H and O–H groups in total. The second-order valence-corrected chi connectivity index (χ2v) is 7.66. The molecule has 5 heteroatoms. The Balaban J connectivity index is 2.06. The van der Waals surface area contributed by atoms with Crippen LogP contribution in [0.2, 0.25) is 0 Å². The molecule has 27 heavy (non-hydrogen) atoms. The number of amidine groups is 1. The van der Waals surface area contributed by atoms with E-state index in [9.17, 15) is 9.90 Å². The number of hydrogen-bond acceptors (Lipinski definition) is 3. The molecule has 0 spiro atoms. The highest BCUT2D eigenvalue weighted by Gasteiger charge is 2.36. The van der Waals surface area contributed by atoms with Crippen molar-refractivity contribution in [1.82, 2.24) is 0 Å². The van der Waals surface area contributed by atoms with Crippen molar-refractivity contribution in [2.75, 3.05) is 19.6 Å². The molecule has 0 radical (unpaired) electrons. The van der Waals surface area contributed by atoms with E-state index >= 15 is 0 Å². The van der Waals surface area contributed by atoms with Gasteiger partial charge in [0.25, 0.3) is 0 Å². The van der Waals surface area contributed by atoms with E-state index in [0.717, 1.165) is 25.1 Å². The first-order valence-corrected chi connectivity index (χ1v) is 10.8. The van der Waals surface area contributed by atoms with Gasteiger partial charge < -0.3 is 10.8 Å². The number of carbonyl (C=O) groups is 1. The first-order valence-electron chi connectivity index (χ1n) is 10.8. The van der Waals surface area contributed by atoms with E-state index < -0.39 is 5.97 Å². The van der Waals surface area contributed by atoms with Crippen molar-refractivity contribution in [2.45, 2.75) is 83.5 Å². The summed E-state index contributed by atoms with van der Waals surface area (Å²) >= 11 is 0. The highest BCUT2D eigenvalue weighted by atomic mass is 16.4. The SMILES string of the molecule is C=CCCCCCCCCCCCCCC1=NC=C[N+]1(CCN)CC(=O)O. The van der Waals surface area contributed by atoms with E-state index in [0.29, 0.717) is 17.6 Å². The number of hydrogen-bond donors (Lipinski definition) is 2. The summed E-state index contributed by atoms with van der Waals surface area (Å²) in [7, 11) is 0. The number of nitrogens with zero attached hydrogens (tertiary/aromatic N) is 2. The van der Waals surface area contributed by atoms with Crippen LogP contribution in [-0.4, -0.2) is 41.0 Å². The molecule has 0 aromatic rings. The third kappa shape index (κ3) is 9.87. The van der Waals surface area contributed by atoms with Crippen LogP contribution < -0.4 is 5.73 Å². The highest BCUT2D eigenvalue weighted by molar-refractivity contribution is 5.81. The summed E-state index contributed by atoms with van der Waals surface area (Å²) in [5.41, 5.74) is 5.70. The van der Waals surface area contributed by atoms with Crippen molar-refractivity contribution in [3.05, 3.63) is 25.1 Å². The Hall–Kier alpha value is -1.46. The van der Waals surface area contributed by atoms with E-state index in [-0.39, 0.29) is 6.54 Å². The molecular weight excluding hydrogens is 338 g/mol. The van der Waals surface area contributed by atoms with E-state index in [1.807, 2.05) is 12.3 Å². The zero-order valence-corrected chi connectivity index (χ0v) is 17.1. The predicted molar refractivity (Wildman–Crippen MR) is 113 cm³/mol. The summed E-state index contributed by atoms with van der Waals surface area (Å²) in [6, 6.07) is 0. The largest absolute Gasteiger partial charge is 0.477 e. The lowest BCUT2D eigenvalue weighted by atomic mass is 10.0. The summed E-state index contributed by atoms with van der Waals surface area (Å²) in [6.07, 6.45) is 21.9. The first kappa shape index (κ1) is 23.6. The van der Waals surface area contributed by atoms with E-state index in [4.69, 9.17) is 5.73 Å². The molecule has 0 amide bonds. The minimum atomic E-state index is -0.802. The number of nitrogens with two attached hydrogens (primary N) is 1. The van der Waals surface area contributed by atoms with Gasteiger partial charge in [-0.25, -0.2) is 14.3 Å². The average molecular weight is 379 g/mol. The van der Waals surface area contributed by atoms with E-state index in [1.54, 1.807) is 6.20 Å². The molecule has 0 aromatic heterocycles. The molecule has 0 fully saturated rings. The van der Waals surface area contributed by atoms with Crippen LogP contribution in [0.1, 0.15) is 83.5 Å². The second-order valence-electron chi connectivity index (χ2n) is 7.66. The first-order chi connectivity index (χ1) is 13.1. The monoisotopic (exact) mass is 378 g/mol. The summed E-state index contributed by atoms with van der Waals surface area (Å²) in [6.45, 7) is 4.87. The molecule has 1 rings (SSSR count). The molecule has 1 atom stereocenters. The number of aliphatic imine (C=N–C) groups is 1. The van der Waals surface area contributed by atoms with Gasteiger partial charge in [0.15, 0.2) is 6.54 Å². The Labute approximate surface area is 165 Å². The Morgan fingerprint density at radius 1 is 1.04 bits per heavy atom. The van der Waals surface area contributed by atoms with E-state index in [2.05, 4.69) is 11.6 Å². The van der Waals surface area contributed by atoms with Crippen LogP contribution in [0.15, 0.2) is 30.0 Å². The van der Waals surface area contributed by atoms with Crippen molar-refractivity contribution in [2.24, 2.45) is 10.7 Å². The van der Waals surface area contributed by atoms with Crippen LogP contribution in [0, 0.1) is 0 Å². The van der Waals surface area contributed by atoms with Crippen molar-refractivity contribution in [3.8, 4) is 0 Å². The fourth-order valence-electron chi connectivity index (χ4n) is 3.80. The molecule has 5 nitrogen and oxygen atoms in total. The number of allylic oxidation sites excluding steroid dienone is 1. The Kier molecular flexibility index (Phi) is 12.7. The zero-order chi connectivity index (χ0) is 19.8. The molecule has 1 heterocycles. The van der Waals surface area contributed by atoms with Gasteiger partial charge in [-0.2, -0.15) is 0 Å². The fourth-order valence-corrected chi connectivity index (χ4v) is 3.80. The van der Waals surface area contributed by atoms with Crippen molar-refractivity contribution in [3.63, 3.8) is 0 Å². The van der Waals surface area contributed by atoms with Gasteiger partial charge in [-0.15, -0.1) is 6.58 Å². The lowest BCUT2D eigenvalue weighted by molar-refractivity contribution is -0.778. The topological polar surface area (TPSA) is 75.7 Å². The third-order valence-corrected chi connectivity index (χ3v) is 5.34. The Morgan fingerprint density at radius 3 is 2.11 bits per heavy atom. The minimum Gasteiger partial charge on any atom is -0.477 e. The minimum absolute atomic E-state index is 0.0418. The van der Waals surface area contributed by atoms with Gasteiger partial charge in [-0.1, -0.05) is 63.9 Å². The molecule has 0 saturated heterocycles. The van der Waals surface area contributed by atoms with Crippen LogP contribution in [0.3, 0.4) is 0 Å². The number of aliphatic carboxylic acids is 1.